The Morgan fingerprint density at radius 1 is 0.972 bits per heavy atom. The number of benzene rings is 3. The number of carbonyl (C=O) groups is 2. The Kier molecular flexibility index (Phi) is 6.29. The Hall–Kier alpha value is -3.41. The van der Waals surface area contributed by atoms with Crippen LogP contribution in [0.2, 0.25) is 0 Å². The summed E-state index contributed by atoms with van der Waals surface area (Å²) in [6, 6.07) is 7.17. The Morgan fingerprint density at radius 2 is 1.58 bits per heavy atom. The maximum absolute atomic E-state index is 13.7. The van der Waals surface area contributed by atoms with Crippen LogP contribution in [-0.2, 0) is 11.4 Å². The van der Waals surface area contributed by atoms with Gasteiger partial charge in [-0.1, -0.05) is 58.4 Å². The Morgan fingerprint density at radius 3 is 2.11 bits per heavy atom. The van der Waals surface area contributed by atoms with E-state index in [-0.39, 0.29) is 34.4 Å². The van der Waals surface area contributed by atoms with E-state index in [1.807, 2.05) is 0 Å². The molecule has 0 aliphatic rings. The van der Waals surface area contributed by atoms with E-state index < -0.39 is 50.9 Å². The first-order valence-corrected chi connectivity index (χ1v) is 12.4. The predicted molar refractivity (Wildman–Crippen MR) is 124 cm³/mol. The molecule has 0 aliphatic carbocycles. The van der Waals surface area contributed by atoms with Crippen LogP contribution < -0.4 is 10.1 Å². The van der Waals surface area contributed by atoms with E-state index in [0.717, 1.165) is 18.2 Å². The zero-order valence-corrected chi connectivity index (χ0v) is 20.1. The van der Waals surface area contributed by atoms with Crippen molar-refractivity contribution in [3.8, 4) is 5.75 Å². The van der Waals surface area contributed by atoms with Crippen molar-refractivity contribution in [2.24, 2.45) is 5.41 Å². The normalized spacial score (nSPS) is 15.0. The van der Waals surface area contributed by atoms with Crippen molar-refractivity contribution >= 4 is 32.9 Å². The highest BCUT2D eigenvalue weighted by molar-refractivity contribution is 8.45. The summed E-state index contributed by atoms with van der Waals surface area (Å²) in [5.74, 6) is -2.74. The first-order valence-electron chi connectivity index (χ1n) is 10.5. The average molecular weight is 536 g/mol. The van der Waals surface area contributed by atoms with Crippen LogP contribution >= 0.6 is 10.2 Å². The largest absolute Gasteiger partial charge is 0.487 e. The molecule has 5 nitrogen and oxygen atoms in total. The van der Waals surface area contributed by atoms with Gasteiger partial charge in [0.05, 0.1) is 5.56 Å². The minimum atomic E-state index is -9.84. The maximum atomic E-state index is 13.7. The number of carboxylic acids is 1. The van der Waals surface area contributed by atoms with Gasteiger partial charge in [0.15, 0.2) is 0 Å². The van der Waals surface area contributed by atoms with E-state index in [2.05, 4.69) is 5.32 Å². The predicted octanol–water partition coefficient (Wildman–Crippen LogP) is 7.44. The number of carbonyl (C=O) groups excluding carboxylic acids is 1. The van der Waals surface area contributed by atoms with Crippen LogP contribution in [0.15, 0.2) is 59.5 Å². The molecule has 0 bridgehead atoms. The molecule has 12 heteroatoms. The zero-order valence-electron chi connectivity index (χ0n) is 19.3. The highest BCUT2D eigenvalue weighted by atomic mass is 32.5. The number of hydrogen-bond donors (Lipinski definition) is 2. The minimum absolute atomic E-state index is 0.0835. The lowest BCUT2D eigenvalue weighted by Gasteiger charge is -2.40. The van der Waals surface area contributed by atoms with Crippen LogP contribution in [0.5, 0.6) is 5.75 Å². The number of hydrogen-bond acceptors (Lipinski definition) is 3. The molecule has 0 saturated carbocycles. The highest BCUT2D eigenvalue weighted by Gasteiger charge is 2.65. The SMILES string of the molecule is CC(C)(C)[C@H](NC(=O)c1ccc2cc(F)ccc2c1OCc1ccc(S(F)(F)(F)(F)F)cc1)C(=O)O. The molecule has 1 atom stereocenters. The first-order chi connectivity index (χ1) is 16.3. The molecule has 3 aromatic carbocycles. The van der Waals surface area contributed by atoms with Gasteiger partial charge in [-0.05, 0) is 52.8 Å². The van der Waals surface area contributed by atoms with Crippen LogP contribution in [0.4, 0.5) is 23.8 Å². The molecule has 3 aromatic rings. The second kappa shape index (κ2) is 8.32. The second-order valence-corrected chi connectivity index (χ2v) is 11.7. The van der Waals surface area contributed by atoms with Crippen molar-refractivity contribution in [3.63, 3.8) is 0 Å². The summed E-state index contributed by atoms with van der Waals surface area (Å²) < 4.78 is 84.3. The molecular formula is C24H23F6NO4S. The number of aliphatic carboxylic acids is 1. The molecule has 0 aromatic heterocycles. The van der Waals surface area contributed by atoms with Crippen molar-refractivity contribution < 1.29 is 43.3 Å². The third kappa shape index (κ3) is 6.23. The Balaban J connectivity index is 1.98. The number of halogens is 6. The lowest BCUT2D eigenvalue weighted by molar-refractivity contribution is -0.142. The van der Waals surface area contributed by atoms with Crippen molar-refractivity contribution in [1.29, 1.82) is 0 Å². The number of rotatable bonds is 7. The molecule has 0 saturated heterocycles. The number of ether oxygens (including phenoxy) is 1. The third-order valence-corrected chi connectivity index (χ3v) is 6.48. The van der Waals surface area contributed by atoms with Gasteiger partial charge in [-0.2, -0.15) is 0 Å². The lowest BCUT2D eigenvalue weighted by Crippen LogP contribution is -2.49. The average Bonchev–Trinajstić information content (AvgIpc) is 2.73. The van der Waals surface area contributed by atoms with E-state index in [9.17, 15) is 38.5 Å². The molecule has 0 unspecified atom stereocenters. The molecule has 2 N–H and O–H groups in total. The van der Waals surface area contributed by atoms with E-state index >= 15 is 0 Å². The number of amides is 1. The van der Waals surface area contributed by atoms with E-state index in [1.54, 1.807) is 20.8 Å². The quantitative estimate of drug-likeness (QED) is 0.308. The monoisotopic (exact) mass is 535 g/mol. The fraction of sp³-hybridized carbons (Fsp3) is 0.250. The van der Waals surface area contributed by atoms with E-state index in [4.69, 9.17) is 4.74 Å². The van der Waals surface area contributed by atoms with Gasteiger partial charge in [-0.15, -0.1) is 0 Å². The van der Waals surface area contributed by atoms with Gasteiger partial charge in [-0.25, -0.2) is 9.18 Å². The number of nitrogens with one attached hydrogen (secondary N) is 1. The molecule has 0 fully saturated rings. The molecule has 0 radical (unpaired) electrons. The lowest BCUT2D eigenvalue weighted by atomic mass is 9.86. The van der Waals surface area contributed by atoms with Crippen LogP contribution in [0.25, 0.3) is 10.8 Å². The van der Waals surface area contributed by atoms with Crippen LogP contribution in [0, 0.1) is 11.2 Å². The van der Waals surface area contributed by atoms with Crippen molar-refractivity contribution in [1.82, 2.24) is 5.32 Å². The van der Waals surface area contributed by atoms with Crippen molar-refractivity contribution in [2.75, 3.05) is 0 Å². The molecule has 0 spiro atoms. The van der Waals surface area contributed by atoms with Crippen LogP contribution in [-0.4, -0.2) is 23.0 Å². The molecule has 196 valence electrons. The molecule has 3 rings (SSSR count). The van der Waals surface area contributed by atoms with Gasteiger partial charge in [0.25, 0.3) is 5.91 Å². The smallest absolute Gasteiger partial charge is 0.326 e. The van der Waals surface area contributed by atoms with E-state index in [0.29, 0.717) is 5.39 Å². The summed E-state index contributed by atoms with van der Waals surface area (Å²) >= 11 is 0. The fourth-order valence-corrected chi connectivity index (χ4v) is 4.11. The topological polar surface area (TPSA) is 75.6 Å². The Labute approximate surface area is 202 Å². The zero-order chi connectivity index (χ0) is 27.2. The van der Waals surface area contributed by atoms with Gasteiger partial charge in [0, 0.05) is 5.39 Å². The van der Waals surface area contributed by atoms with Gasteiger partial charge >= 0.3 is 16.2 Å². The first kappa shape index (κ1) is 27.2. The van der Waals surface area contributed by atoms with E-state index in [1.165, 1.54) is 24.3 Å². The molecular weight excluding hydrogens is 512 g/mol. The maximum Gasteiger partial charge on any atom is 0.326 e. The molecule has 0 aliphatic heterocycles. The summed E-state index contributed by atoms with van der Waals surface area (Å²) in [6.45, 7) is 4.42. The van der Waals surface area contributed by atoms with Crippen molar-refractivity contribution in [3.05, 3.63) is 71.5 Å². The summed E-state index contributed by atoms with van der Waals surface area (Å²) in [5, 5.41) is 12.6. The summed E-state index contributed by atoms with van der Waals surface area (Å²) in [4.78, 5) is 22.7. The summed E-state index contributed by atoms with van der Waals surface area (Å²) in [6.07, 6.45) is 0. The number of carboxylic acid groups (broad SMARTS) is 1. The van der Waals surface area contributed by atoms with Crippen molar-refractivity contribution in [2.45, 2.75) is 38.3 Å². The summed E-state index contributed by atoms with van der Waals surface area (Å²) in [5.41, 5.74) is -0.870. The third-order valence-electron chi connectivity index (χ3n) is 5.32. The summed E-state index contributed by atoms with van der Waals surface area (Å²) in [7, 11) is -9.84. The molecule has 1 amide bonds. The van der Waals surface area contributed by atoms with Gasteiger partial charge in [0.2, 0.25) is 0 Å². The fourth-order valence-electron chi connectivity index (χ4n) is 3.46. The highest BCUT2D eigenvalue weighted by Crippen LogP contribution is 3.02. The van der Waals surface area contributed by atoms with Gasteiger partial charge in [-0.3, -0.25) is 4.79 Å². The second-order valence-electron chi connectivity index (χ2n) is 9.32. The van der Waals surface area contributed by atoms with Gasteiger partial charge < -0.3 is 15.2 Å². The number of fused-ring (bicyclic) bond motifs is 1. The Bertz CT molecular complexity index is 1340. The minimum Gasteiger partial charge on any atom is -0.487 e. The molecule has 36 heavy (non-hydrogen) atoms. The standard InChI is InChI=1S/C24H23F6NO4S/c1-24(2,3)21(23(33)34)31-22(32)19-10-6-15-12-16(25)7-11-18(15)20(19)35-13-14-4-8-17(9-5-14)36(26,27,28,29)30/h4-12,21H,13H2,1-3H3,(H,31,32)(H,33,34)/t21-/m1/s1. The van der Waals surface area contributed by atoms with Gasteiger partial charge in [0.1, 0.15) is 29.1 Å². The van der Waals surface area contributed by atoms with Crippen LogP contribution in [0.1, 0.15) is 36.7 Å². The molecule has 0 heterocycles. The van der Waals surface area contributed by atoms with Crippen LogP contribution in [0.3, 0.4) is 0 Å².